The Morgan fingerprint density at radius 2 is 2.44 bits per heavy atom. The maximum atomic E-state index is 6.06. The van der Waals surface area contributed by atoms with Gasteiger partial charge in [0.25, 0.3) is 0 Å². The van der Waals surface area contributed by atoms with Crippen LogP contribution in [0.2, 0.25) is 4.34 Å². The van der Waals surface area contributed by atoms with Crippen LogP contribution >= 0.6 is 22.9 Å². The SMILES string of the molecule is CCCC1CC1NC1CCc2sc(Cl)cc21. The molecule has 1 saturated carbocycles. The van der Waals surface area contributed by atoms with Gasteiger partial charge in [0, 0.05) is 17.0 Å². The zero-order valence-electron chi connectivity index (χ0n) is 9.63. The normalized spacial score (nSPS) is 31.8. The van der Waals surface area contributed by atoms with E-state index in [0.29, 0.717) is 6.04 Å². The Hall–Kier alpha value is -0.0500. The van der Waals surface area contributed by atoms with Crippen LogP contribution in [0, 0.1) is 5.92 Å². The maximum Gasteiger partial charge on any atom is 0.0934 e. The van der Waals surface area contributed by atoms with Gasteiger partial charge in [-0.2, -0.15) is 0 Å². The monoisotopic (exact) mass is 255 g/mol. The van der Waals surface area contributed by atoms with Gasteiger partial charge < -0.3 is 5.32 Å². The van der Waals surface area contributed by atoms with Gasteiger partial charge in [-0.15, -0.1) is 11.3 Å². The number of aryl methyl sites for hydroxylation is 1. The first-order chi connectivity index (χ1) is 7.78. The molecule has 0 saturated heterocycles. The Labute approximate surface area is 106 Å². The molecule has 1 heterocycles. The van der Waals surface area contributed by atoms with E-state index in [1.165, 1.54) is 42.5 Å². The summed E-state index contributed by atoms with van der Waals surface area (Å²) in [6.07, 6.45) is 6.59. The minimum atomic E-state index is 0.589. The van der Waals surface area contributed by atoms with E-state index in [2.05, 4.69) is 18.3 Å². The molecule has 3 heteroatoms. The first kappa shape index (κ1) is 11.1. The number of fused-ring (bicyclic) bond motifs is 1. The van der Waals surface area contributed by atoms with Crippen molar-refractivity contribution in [2.75, 3.05) is 0 Å². The zero-order chi connectivity index (χ0) is 11.1. The highest BCUT2D eigenvalue weighted by Crippen LogP contribution is 2.43. The molecule has 16 heavy (non-hydrogen) atoms. The molecule has 3 unspecified atom stereocenters. The molecule has 0 aliphatic heterocycles. The van der Waals surface area contributed by atoms with Crippen molar-refractivity contribution < 1.29 is 0 Å². The van der Waals surface area contributed by atoms with Crippen molar-refractivity contribution in [3.05, 3.63) is 20.8 Å². The third-order valence-corrected chi connectivity index (χ3v) is 5.18. The molecular weight excluding hydrogens is 238 g/mol. The first-order valence-electron chi connectivity index (χ1n) is 6.32. The lowest BCUT2D eigenvalue weighted by Crippen LogP contribution is -2.22. The number of hydrogen-bond donors (Lipinski definition) is 1. The molecule has 2 aliphatic rings. The first-order valence-corrected chi connectivity index (χ1v) is 7.51. The van der Waals surface area contributed by atoms with Gasteiger partial charge in [0.2, 0.25) is 0 Å². The molecule has 0 spiro atoms. The van der Waals surface area contributed by atoms with Gasteiger partial charge in [-0.3, -0.25) is 0 Å². The third-order valence-electron chi connectivity index (χ3n) is 3.84. The van der Waals surface area contributed by atoms with Crippen molar-refractivity contribution in [2.24, 2.45) is 5.92 Å². The van der Waals surface area contributed by atoms with Gasteiger partial charge >= 0.3 is 0 Å². The third kappa shape index (κ3) is 2.03. The van der Waals surface area contributed by atoms with Crippen LogP contribution in [0.4, 0.5) is 0 Å². The highest BCUT2D eigenvalue weighted by Gasteiger charge is 2.38. The van der Waals surface area contributed by atoms with Crippen molar-refractivity contribution in [1.29, 1.82) is 0 Å². The molecule has 2 aliphatic carbocycles. The fraction of sp³-hybridized carbons (Fsp3) is 0.692. The summed E-state index contributed by atoms with van der Waals surface area (Å²) in [7, 11) is 0. The van der Waals surface area contributed by atoms with Crippen molar-refractivity contribution in [3.8, 4) is 0 Å². The van der Waals surface area contributed by atoms with Crippen LogP contribution in [-0.2, 0) is 6.42 Å². The highest BCUT2D eigenvalue weighted by molar-refractivity contribution is 7.16. The zero-order valence-corrected chi connectivity index (χ0v) is 11.2. The quantitative estimate of drug-likeness (QED) is 0.852. The molecule has 1 N–H and O–H groups in total. The summed E-state index contributed by atoms with van der Waals surface area (Å²) in [5.41, 5.74) is 1.48. The second kappa shape index (κ2) is 4.32. The molecule has 1 aromatic rings. The van der Waals surface area contributed by atoms with E-state index in [1.807, 2.05) is 0 Å². The van der Waals surface area contributed by atoms with E-state index in [4.69, 9.17) is 11.6 Å². The minimum Gasteiger partial charge on any atom is -0.307 e. The average Bonchev–Trinajstić information content (AvgIpc) is 2.69. The highest BCUT2D eigenvalue weighted by atomic mass is 35.5. The van der Waals surface area contributed by atoms with Crippen LogP contribution in [0.1, 0.15) is 49.1 Å². The molecular formula is C13H18ClNS. The van der Waals surface area contributed by atoms with E-state index in [9.17, 15) is 0 Å². The molecule has 0 radical (unpaired) electrons. The molecule has 3 rings (SSSR count). The number of nitrogens with one attached hydrogen (secondary N) is 1. The van der Waals surface area contributed by atoms with Crippen LogP contribution in [0.5, 0.6) is 0 Å². The predicted octanol–water partition coefficient (Wildman–Crippen LogP) is 4.17. The Balaban J connectivity index is 1.61. The van der Waals surface area contributed by atoms with Crippen molar-refractivity contribution >= 4 is 22.9 Å². The fourth-order valence-electron chi connectivity index (χ4n) is 2.90. The summed E-state index contributed by atoms with van der Waals surface area (Å²) >= 11 is 7.83. The number of halogens is 1. The van der Waals surface area contributed by atoms with Crippen LogP contribution in [0.25, 0.3) is 0 Å². The number of hydrogen-bond acceptors (Lipinski definition) is 2. The van der Waals surface area contributed by atoms with Crippen LogP contribution in [-0.4, -0.2) is 6.04 Å². The molecule has 3 atom stereocenters. The maximum absolute atomic E-state index is 6.06. The molecule has 1 aromatic heterocycles. The molecule has 1 nitrogen and oxygen atoms in total. The Kier molecular flexibility index (Phi) is 2.99. The van der Waals surface area contributed by atoms with Crippen LogP contribution in [0.3, 0.4) is 0 Å². The minimum absolute atomic E-state index is 0.589. The standard InChI is InChI=1S/C13H18ClNS/c1-2-3-8-6-11(8)15-10-4-5-12-9(10)7-13(14)16-12/h7-8,10-11,15H,2-6H2,1H3. The van der Waals surface area contributed by atoms with Gasteiger partial charge in [0.1, 0.15) is 0 Å². The van der Waals surface area contributed by atoms with E-state index >= 15 is 0 Å². The summed E-state index contributed by atoms with van der Waals surface area (Å²) in [5, 5.41) is 3.81. The van der Waals surface area contributed by atoms with Gasteiger partial charge in [0.15, 0.2) is 0 Å². The van der Waals surface area contributed by atoms with Gasteiger partial charge in [-0.1, -0.05) is 24.9 Å². The molecule has 0 amide bonds. The topological polar surface area (TPSA) is 12.0 Å². The molecule has 0 aromatic carbocycles. The van der Waals surface area contributed by atoms with Crippen molar-refractivity contribution in [3.63, 3.8) is 0 Å². The Bertz CT molecular complexity index is 387. The van der Waals surface area contributed by atoms with Gasteiger partial charge in [0.05, 0.1) is 4.34 Å². The molecule has 0 bridgehead atoms. The average molecular weight is 256 g/mol. The smallest absolute Gasteiger partial charge is 0.0934 e. The predicted molar refractivity (Wildman–Crippen MR) is 70.3 cm³/mol. The van der Waals surface area contributed by atoms with Crippen LogP contribution in [0.15, 0.2) is 6.07 Å². The van der Waals surface area contributed by atoms with Crippen molar-refractivity contribution in [1.82, 2.24) is 5.32 Å². The summed E-state index contributed by atoms with van der Waals surface area (Å²) in [5.74, 6) is 0.947. The second-order valence-corrected chi connectivity index (χ2v) is 6.85. The molecule has 88 valence electrons. The summed E-state index contributed by atoms with van der Waals surface area (Å²) < 4.78 is 0.956. The number of thiophene rings is 1. The molecule has 1 fully saturated rings. The summed E-state index contributed by atoms with van der Waals surface area (Å²) in [6, 6.07) is 3.55. The summed E-state index contributed by atoms with van der Waals surface area (Å²) in [6.45, 7) is 2.28. The fourth-order valence-corrected chi connectivity index (χ4v) is 4.26. The van der Waals surface area contributed by atoms with E-state index in [-0.39, 0.29) is 0 Å². The number of rotatable bonds is 4. The van der Waals surface area contributed by atoms with E-state index in [0.717, 1.165) is 16.3 Å². The van der Waals surface area contributed by atoms with Crippen LogP contribution < -0.4 is 5.32 Å². The lowest BCUT2D eigenvalue weighted by molar-refractivity contribution is 0.498. The lowest BCUT2D eigenvalue weighted by Gasteiger charge is -2.12. The summed E-state index contributed by atoms with van der Waals surface area (Å²) in [4.78, 5) is 1.51. The Morgan fingerprint density at radius 3 is 3.25 bits per heavy atom. The Morgan fingerprint density at radius 1 is 1.56 bits per heavy atom. The lowest BCUT2D eigenvalue weighted by atomic mass is 10.1. The van der Waals surface area contributed by atoms with Gasteiger partial charge in [-0.05, 0) is 43.2 Å². The van der Waals surface area contributed by atoms with E-state index < -0.39 is 0 Å². The van der Waals surface area contributed by atoms with Gasteiger partial charge in [-0.25, -0.2) is 0 Å². The van der Waals surface area contributed by atoms with E-state index in [1.54, 1.807) is 11.3 Å². The second-order valence-electron chi connectivity index (χ2n) is 5.08. The van der Waals surface area contributed by atoms with Crippen molar-refractivity contribution in [2.45, 2.75) is 51.1 Å². The largest absolute Gasteiger partial charge is 0.307 e.